The van der Waals surface area contributed by atoms with Crippen LogP contribution < -0.4 is 11.0 Å². The molecule has 0 spiro atoms. The molecule has 7 heteroatoms. The van der Waals surface area contributed by atoms with E-state index in [1.807, 2.05) is 48.7 Å². The molecule has 4 rings (SSSR count). The first-order valence-electron chi connectivity index (χ1n) is 9.78. The molecule has 0 saturated carbocycles. The van der Waals surface area contributed by atoms with E-state index in [9.17, 15) is 9.59 Å². The molecule has 3 heterocycles. The van der Waals surface area contributed by atoms with Crippen molar-refractivity contribution in [3.05, 3.63) is 64.8 Å². The highest BCUT2D eigenvalue weighted by atomic mass is 16.2. The van der Waals surface area contributed by atoms with Crippen LogP contribution in [0, 0.1) is 0 Å². The summed E-state index contributed by atoms with van der Waals surface area (Å²) in [7, 11) is 0. The van der Waals surface area contributed by atoms with Crippen LogP contribution in [-0.2, 0) is 17.9 Å². The van der Waals surface area contributed by atoms with Gasteiger partial charge in [0.1, 0.15) is 0 Å². The van der Waals surface area contributed by atoms with Gasteiger partial charge in [-0.05, 0) is 43.7 Å². The molecule has 7 nitrogen and oxygen atoms in total. The normalized spacial score (nSPS) is 17.6. The smallest absolute Gasteiger partial charge is 0.326 e. The minimum atomic E-state index is -0.173. The lowest BCUT2D eigenvalue weighted by Crippen LogP contribution is -2.47. The van der Waals surface area contributed by atoms with Crippen LogP contribution in [0.25, 0.3) is 11.0 Å². The van der Waals surface area contributed by atoms with Crippen LogP contribution >= 0.6 is 0 Å². The van der Waals surface area contributed by atoms with Gasteiger partial charge >= 0.3 is 5.69 Å². The van der Waals surface area contributed by atoms with Gasteiger partial charge in [-0.3, -0.25) is 19.2 Å². The molecule has 1 saturated heterocycles. The lowest BCUT2D eigenvalue weighted by molar-refractivity contribution is -0.122. The number of carbonyl (C=O) groups is 1. The van der Waals surface area contributed by atoms with Crippen LogP contribution in [-0.4, -0.2) is 44.5 Å². The predicted molar refractivity (Wildman–Crippen MR) is 108 cm³/mol. The highest BCUT2D eigenvalue weighted by molar-refractivity contribution is 5.77. The number of piperidine rings is 1. The van der Waals surface area contributed by atoms with Crippen LogP contribution in [0.15, 0.2) is 53.5 Å². The Hall–Kier alpha value is -2.93. The number of hydrogen-bond acceptors (Lipinski definition) is 4. The topological polar surface area (TPSA) is 83.0 Å². The molecule has 1 atom stereocenters. The Balaban J connectivity index is 1.31. The Morgan fingerprint density at radius 1 is 1.21 bits per heavy atom. The average molecular weight is 379 g/mol. The minimum Gasteiger partial charge on any atom is -0.352 e. The van der Waals surface area contributed by atoms with Gasteiger partial charge in [0.2, 0.25) is 5.91 Å². The monoisotopic (exact) mass is 379 g/mol. The van der Waals surface area contributed by atoms with Crippen molar-refractivity contribution >= 4 is 16.9 Å². The summed E-state index contributed by atoms with van der Waals surface area (Å²) in [6, 6.07) is 13.6. The summed E-state index contributed by atoms with van der Waals surface area (Å²) in [4.78, 5) is 34.1. The number of H-pyrrole nitrogens is 1. The molecule has 2 N–H and O–H groups in total. The van der Waals surface area contributed by atoms with Crippen LogP contribution in [0.1, 0.15) is 25.0 Å². The Morgan fingerprint density at radius 3 is 2.93 bits per heavy atom. The molecule has 1 aliphatic rings. The van der Waals surface area contributed by atoms with Crippen LogP contribution in [0.5, 0.6) is 0 Å². The summed E-state index contributed by atoms with van der Waals surface area (Å²) >= 11 is 0. The van der Waals surface area contributed by atoms with E-state index in [4.69, 9.17) is 0 Å². The molecule has 0 bridgehead atoms. The first kappa shape index (κ1) is 18.4. The van der Waals surface area contributed by atoms with E-state index in [0.717, 1.165) is 49.2 Å². The van der Waals surface area contributed by atoms with Crippen molar-refractivity contribution in [2.24, 2.45) is 0 Å². The molecule has 0 unspecified atom stereocenters. The molecule has 1 aliphatic heterocycles. The number of fused-ring (bicyclic) bond motifs is 1. The number of aryl methyl sites for hydroxylation is 1. The van der Waals surface area contributed by atoms with E-state index in [0.29, 0.717) is 13.0 Å². The van der Waals surface area contributed by atoms with Crippen molar-refractivity contribution in [2.45, 2.75) is 38.4 Å². The van der Waals surface area contributed by atoms with Crippen molar-refractivity contribution in [1.82, 2.24) is 24.8 Å². The number of hydrogen-bond donors (Lipinski definition) is 2. The molecule has 0 radical (unpaired) electrons. The molecule has 3 aromatic rings. The van der Waals surface area contributed by atoms with Crippen molar-refractivity contribution in [2.75, 3.05) is 13.1 Å². The van der Waals surface area contributed by atoms with Gasteiger partial charge in [-0.25, -0.2) is 4.79 Å². The van der Waals surface area contributed by atoms with Crippen molar-refractivity contribution in [3.8, 4) is 0 Å². The summed E-state index contributed by atoms with van der Waals surface area (Å²) in [5.74, 6) is -0.0122. The summed E-state index contributed by atoms with van der Waals surface area (Å²) in [5.41, 5.74) is 2.51. The Bertz CT molecular complexity index is 995. The van der Waals surface area contributed by atoms with E-state index in [-0.39, 0.29) is 17.6 Å². The van der Waals surface area contributed by atoms with E-state index >= 15 is 0 Å². The van der Waals surface area contributed by atoms with Gasteiger partial charge < -0.3 is 10.3 Å². The molecule has 2 aromatic heterocycles. The molecular formula is C21H25N5O2. The lowest BCUT2D eigenvalue weighted by Gasteiger charge is -2.32. The number of aromatic nitrogens is 3. The summed E-state index contributed by atoms with van der Waals surface area (Å²) in [5, 5.41) is 3.14. The highest BCUT2D eigenvalue weighted by Crippen LogP contribution is 2.13. The fourth-order valence-corrected chi connectivity index (χ4v) is 3.88. The molecule has 0 aliphatic carbocycles. The Kier molecular flexibility index (Phi) is 5.53. The Labute approximate surface area is 163 Å². The lowest BCUT2D eigenvalue weighted by atomic mass is 10.1. The van der Waals surface area contributed by atoms with Gasteiger partial charge in [0, 0.05) is 38.3 Å². The molecule has 1 amide bonds. The molecule has 28 heavy (non-hydrogen) atoms. The molecule has 1 aromatic carbocycles. The van der Waals surface area contributed by atoms with Crippen molar-refractivity contribution < 1.29 is 4.79 Å². The highest BCUT2D eigenvalue weighted by Gasteiger charge is 2.21. The number of amides is 1. The number of rotatable bonds is 6. The van der Waals surface area contributed by atoms with Gasteiger partial charge in [-0.1, -0.05) is 18.2 Å². The summed E-state index contributed by atoms with van der Waals surface area (Å²) < 4.78 is 1.63. The fourth-order valence-electron chi connectivity index (χ4n) is 3.88. The maximum Gasteiger partial charge on any atom is 0.326 e. The third-order valence-electron chi connectivity index (χ3n) is 5.23. The predicted octanol–water partition coefficient (Wildman–Crippen LogP) is 1.90. The number of benzene rings is 1. The number of imidazole rings is 1. The van der Waals surface area contributed by atoms with Crippen LogP contribution in [0.3, 0.4) is 0 Å². The van der Waals surface area contributed by atoms with E-state index in [2.05, 4.69) is 20.2 Å². The van der Waals surface area contributed by atoms with E-state index < -0.39 is 0 Å². The number of pyridine rings is 1. The zero-order chi connectivity index (χ0) is 19.3. The standard InChI is InChI=1S/C21H25N5O2/c27-20(10-13-26-19-9-2-1-8-18(19)24-21(26)28)23-17-7-5-12-25(15-17)14-16-6-3-4-11-22-16/h1-4,6,8-9,11,17H,5,7,10,12-15H2,(H,23,27)(H,24,28)/t17-/m1/s1. The van der Waals surface area contributed by atoms with Gasteiger partial charge in [0.05, 0.1) is 16.7 Å². The first-order chi connectivity index (χ1) is 13.7. The third-order valence-corrected chi connectivity index (χ3v) is 5.23. The minimum absolute atomic E-state index is 0.0122. The second-order valence-electron chi connectivity index (χ2n) is 7.31. The second-order valence-corrected chi connectivity index (χ2v) is 7.31. The van der Waals surface area contributed by atoms with Gasteiger partial charge in [0.15, 0.2) is 0 Å². The maximum atomic E-state index is 12.5. The number of likely N-dealkylation sites (tertiary alicyclic amines) is 1. The average Bonchev–Trinajstić information content (AvgIpc) is 3.02. The zero-order valence-corrected chi connectivity index (χ0v) is 15.8. The van der Waals surface area contributed by atoms with E-state index in [1.54, 1.807) is 4.57 Å². The number of nitrogens with one attached hydrogen (secondary N) is 2. The molecule has 1 fully saturated rings. The molecule has 146 valence electrons. The number of nitrogens with zero attached hydrogens (tertiary/aromatic N) is 3. The van der Waals surface area contributed by atoms with Crippen LogP contribution in [0.2, 0.25) is 0 Å². The van der Waals surface area contributed by atoms with Crippen molar-refractivity contribution in [3.63, 3.8) is 0 Å². The summed E-state index contributed by atoms with van der Waals surface area (Å²) in [6.07, 6.45) is 4.14. The quantitative estimate of drug-likeness (QED) is 0.685. The SMILES string of the molecule is O=C(CCn1c(=O)[nH]c2ccccc21)N[C@@H]1CCCN(Cc2ccccn2)C1. The van der Waals surface area contributed by atoms with Gasteiger partial charge in [-0.15, -0.1) is 0 Å². The Morgan fingerprint density at radius 2 is 2.07 bits per heavy atom. The zero-order valence-electron chi connectivity index (χ0n) is 15.8. The number of para-hydroxylation sites is 2. The number of aromatic amines is 1. The largest absolute Gasteiger partial charge is 0.352 e. The van der Waals surface area contributed by atoms with E-state index in [1.165, 1.54) is 0 Å². The number of carbonyl (C=O) groups excluding carboxylic acids is 1. The third kappa shape index (κ3) is 4.31. The summed E-state index contributed by atoms with van der Waals surface area (Å²) in [6.45, 7) is 3.03. The van der Waals surface area contributed by atoms with Gasteiger partial charge in [0.25, 0.3) is 0 Å². The maximum absolute atomic E-state index is 12.5. The van der Waals surface area contributed by atoms with Crippen LogP contribution in [0.4, 0.5) is 0 Å². The molecular weight excluding hydrogens is 354 g/mol. The van der Waals surface area contributed by atoms with Gasteiger partial charge in [-0.2, -0.15) is 0 Å². The first-order valence-corrected chi connectivity index (χ1v) is 9.78. The fraction of sp³-hybridized carbons (Fsp3) is 0.381. The van der Waals surface area contributed by atoms with Crippen molar-refractivity contribution in [1.29, 1.82) is 0 Å². The second kappa shape index (κ2) is 8.39.